The van der Waals surface area contributed by atoms with Gasteiger partial charge in [-0.3, -0.25) is 4.79 Å². The third-order valence-electron chi connectivity index (χ3n) is 3.44. The molecule has 1 unspecified atom stereocenters. The Morgan fingerprint density at radius 3 is 2.54 bits per heavy atom. The van der Waals surface area contributed by atoms with E-state index in [0.29, 0.717) is 35.3 Å². The fourth-order valence-electron chi connectivity index (χ4n) is 2.17. The van der Waals surface area contributed by atoms with Crippen molar-refractivity contribution >= 4 is 17.4 Å². The standard InChI is InChI=1S/C18H19ClO5/c1-22-9-10-24-15-8-7-12(11-16(15)23-2)17(20)18(21)13-5-3-4-6-14(13)19/h3-8,11,17,20H,9-10H2,1-2H3. The fourth-order valence-corrected chi connectivity index (χ4v) is 2.40. The van der Waals surface area contributed by atoms with Crippen molar-refractivity contribution in [2.24, 2.45) is 0 Å². The van der Waals surface area contributed by atoms with Crippen LogP contribution in [0.25, 0.3) is 0 Å². The maximum atomic E-state index is 12.4. The molecule has 1 N–H and O–H groups in total. The molecule has 0 saturated carbocycles. The van der Waals surface area contributed by atoms with E-state index in [-0.39, 0.29) is 5.56 Å². The van der Waals surface area contributed by atoms with Gasteiger partial charge in [0.05, 0.1) is 18.7 Å². The van der Waals surface area contributed by atoms with Gasteiger partial charge in [0.2, 0.25) is 0 Å². The Morgan fingerprint density at radius 1 is 1.12 bits per heavy atom. The molecule has 0 aromatic heterocycles. The third-order valence-corrected chi connectivity index (χ3v) is 3.77. The Kier molecular flexibility index (Phi) is 6.61. The number of Topliss-reactive ketones (excluding diaryl/α,β-unsaturated/α-hetero) is 1. The van der Waals surface area contributed by atoms with Crippen molar-refractivity contribution in [1.82, 2.24) is 0 Å². The lowest BCUT2D eigenvalue weighted by molar-refractivity contribution is 0.0747. The van der Waals surface area contributed by atoms with Gasteiger partial charge in [-0.05, 0) is 29.8 Å². The van der Waals surface area contributed by atoms with Crippen LogP contribution < -0.4 is 9.47 Å². The highest BCUT2D eigenvalue weighted by Crippen LogP contribution is 2.32. The molecule has 0 amide bonds. The number of ether oxygens (including phenoxy) is 3. The van der Waals surface area contributed by atoms with Crippen LogP contribution in [-0.4, -0.2) is 38.3 Å². The first-order chi connectivity index (χ1) is 11.6. The SMILES string of the molecule is COCCOc1ccc(C(O)C(=O)c2ccccc2Cl)cc1OC. The summed E-state index contributed by atoms with van der Waals surface area (Å²) in [5, 5.41) is 10.7. The first kappa shape index (κ1) is 18.3. The van der Waals surface area contributed by atoms with Crippen molar-refractivity contribution in [3.63, 3.8) is 0 Å². The van der Waals surface area contributed by atoms with Gasteiger partial charge < -0.3 is 19.3 Å². The van der Waals surface area contributed by atoms with Crippen molar-refractivity contribution < 1.29 is 24.1 Å². The molecule has 24 heavy (non-hydrogen) atoms. The summed E-state index contributed by atoms with van der Waals surface area (Å²) >= 11 is 6.02. The zero-order valence-corrected chi connectivity index (χ0v) is 14.2. The van der Waals surface area contributed by atoms with Gasteiger partial charge >= 0.3 is 0 Å². The van der Waals surface area contributed by atoms with E-state index in [9.17, 15) is 9.90 Å². The highest BCUT2D eigenvalue weighted by molar-refractivity contribution is 6.34. The maximum Gasteiger partial charge on any atom is 0.197 e. The number of halogens is 1. The average Bonchev–Trinajstić information content (AvgIpc) is 2.61. The lowest BCUT2D eigenvalue weighted by atomic mass is 9.99. The molecular weight excluding hydrogens is 332 g/mol. The molecule has 6 heteroatoms. The van der Waals surface area contributed by atoms with Crippen molar-refractivity contribution in [3.8, 4) is 11.5 Å². The summed E-state index contributed by atoms with van der Waals surface area (Å²) in [6.07, 6.45) is -1.34. The van der Waals surface area contributed by atoms with Gasteiger partial charge in [0, 0.05) is 12.7 Å². The van der Waals surface area contributed by atoms with E-state index in [2.05, 4.69) is 0 Å². The fraction of sp³-hybridized carbons (Fsp3) is 0.278. The smallest absolute Gasteiger partial charge is 0.197 e. The monoisotopic (exact) mass is 350 g/mol. The number of benzene rings is 2. The number of aliphatic hydroxyl groups excluding tert-OH is 1. The molecule has 2 aromatic rings. The molecule has 0 aliphatic rings. The first-order valence-corrected chi connectivity index (χ1v) is 7.72. The van der Waals surface area contributed by atoms with Gasteiger partial charge in [-0.15, -0.1) is 0 Å². The van der Waals surface area contributed by atoms with E-state index in [1.807, 2.05) is 0 Å². The summed E-state index contributed by atoms with van der Waals surface area (Å²) in [4.78, 5) is 12.4. The number of methoxy groups -OCH3 is 2. The van der Waals surface area contributed by atoms with Gasteiger partial charge in [-0.1, -0.05) is 29.8 Å². The van der Waals surface area contributed by atoms with Gasteiger partial charge in [-0.25, -0.2) is 0 Å². The predicted octanol–water partition coefficient (Wildman–Crippen LogP) is 3.29. The van der Waals surface area contributed by atoms with E-state index in [1.165, 1.54) is 7.11 Å². The second kappa shape index (κ2) is 8.68. The Bertz CT molecular complexity index is 702. The quantitative estimate of drug-likeness (QED) is 0.584. The molecule has 0 spiro atoms. The largest absolute Gasteiger partial charge is 0.493 e. The molecule has 0 heterocycles. The summed E-state index contributed by atoms with van der Waals surface area (Å²) in [5.41, 5.74) is 0.668. The second-order valence-corrected chi connectivity index (χ2v) is 5.41. The van der Waals surface area contributed by atoms with Crippen LogP contribution in [0, 0.1) is 0 Å². The van der Waals surface area contributed by atoms with Crippen molar-refractivity contribution in [2.75, 3.05) is 27.4 Å². The summed E-state index contributed by atoms with van der Waals surface area (Å²) in [5.74, 6) is 0.459. The highest BCUT2D eigenvalue weighted by atomic mass is 35.5. The van der Waals surface area contributed by atoms with Crippen LogP contribution in [-0.2, 0) is 4.74 Å². The van der Waals surface area contributed by atoms with Crippen LogP contribution in [0.3, 0.4) is 0 Å². The molecule has 0 aliphatic carbocycles. The van der Waals surface area contributed by atoms with E-state index in [4.69, 9.17) is 25.8 Å². The minimum atomic E-state index is -1.34. The Hall–Kier alpha value is -2.08. The summed E-state index contributed by atoms with van der Waals surface area (Å²) in [6, 6.07) is 11.4. The first-order valence-electron chi connectivity index (χ1n) is 7.35. The number of ketones is 1. The predicted molar refractivity (Wildman–Crippen MR) is 91.1 cm³/mol. The number of hydrogen-bond donors (Lipinski definition) is 1. The minimum absolute atomic E-state index is 0.269. The Morgan fingerprint density at radius 2 is 1.88 bits per heavy atom. The number of carbonyl (C=O) groups excluding carboxylic acids is 1. The minimum Gasteiger partial charge on any atom is -0.493 e. The second-order valence-electron chi connectivity index (χ2n) is 5.00. The van der Waals surface area contributed by atoms with Crippen LogP contribution >= 0.6 is 11.6 Å². The number of carbonyl (C=O) groups is 1. The van der Waals surface area contributed by atoms with E-state index < -0.39 is 11.9 Å². The number of aliphatic hydroxyl groups is 1. The van der Waals surface area contributed by atoms with Crippen LogP contribution in [0.15, 0.2) is 42.5 Å². The molecule has 0 aliphatic heterocycles. The van der Waals surface area contributed by atoms with Crippen LogP contribution in [0.4, 0.5) is 0 Å². The van der Waals surface area contributed by atoms with Crippen molar-refractivity contribution in [1.29, 1.82) is 0 Å². The van der Waals surface area contributed by atoms with Gasteiger partial charge in [-0.2, -0.15) is 0 Å². The molecule has 1 atom stereocenters. The molecule has 0 saturated heterocycles. The highest BCUT2D eigenvalue weighted by Gasteiger charge is 2.22. The Balaban J connectivity index is 2.22. The maximum absolute atomic E-state index is 12.4. The molecule has 0 radical (unpaired) electrons. The number of rotatable bonds is 8. The van der Waals surface area contributed by atoms with E-state index in [1.54, 1.807) is 49.6 Å². The Labute approximate surface area is 145 Å². The average molecular weight is 351 g/mol. The van der Waals surface area contributed by atoms with Gasteiger partial charge in [0.15, 0.2) is 17.3 Å². The van der Waals surface area contributed by atoms with Crippen LogP contribution in [0.1, 0.15) is 22.0 Å². The molecule has 128 valence electrons. The third kappa shape index (κ3) is 4.26. The van der Waals surface area contributed by atoms with E-state index >= 15 is 0 Å². The lowest BCUT2D eigenvalue weighted by Gasteiger charge is -2.15. The number of hydrogen-bond acceptors (Lipinski definition) is 5. The normalized spacial score (nSPS) is 11.8. The van der Waals surface area contributed by atoms with Crippen molar-refractivity contribution in [3.05, 3.63) is 58.6 Å². The molecule has 2 aromatic carbocycles. The lowest BCUT2D eigenvalue weighted by Crippen LogP contribution is -2.13. The zero-order chi connectivity index (χ0) is 17.5. The summed E-state index contributed by atoms with van der Waals surface area (Å²) < 4.78 is 15.7. The summed E-state index contributed by atoms with van der Waals surface area (Å²) in [7, 11) is 3.07. The molecule has 2 rings (SSSR count). The van der Waals surface area contributed by atoms with E-state index in [0.717, 1.165) is 0 Å². The molecule has 0 fully saturated rings. The van der Waals surface area contributed by atoms with Crippen LogP contribution in [0.2, 0.25) is 5.02 Å². The van der Waals surface area contributed by atoms with Crippen molar-refractivity contribution in [2.45, 2.75) is 6.10 Å². The van der Waals surface area contributed by atoms with Crippen LogP contribution in [0.5, 0.6) is 11.5 Å². The van der Waals surface area contributed by atoms with Gasteiger partial charge in [0.1, 0.15) is 12.7 Å². The zero-order valence-electron chi connectivity index (χ0n) is 13.5. The molecule has 0 bridgehead atoms. The topological polar surface area (TPSA) is 65.0 Å². The molecule has 5 nitrogen and oxygen atoms in total. The summed E-state index contributed by atoms with van der Waals surface area (Å²) in [6.45, 7) is 0.811. The molecular formula is C18H19ClO5. The van der Waals surface area contributed by atoms with Gasteiger partial charge in [0.25, 0.3) is 0 Å².